The number of hydrogen-bond donors (Lipinski definition) is 2. The van der Waals surface area contributed by atoms with Crippen LogP contribution in [0.5, 0.6) is 0 Å². The monoisotopic (exact) mass is 434 g/mol. The second-order valence-corrected chi connectivity index (χ2v) is 8.98. The number of H-pyrrole nitrogens is 1. The van der Waals surface area contributed by atoms with Gasteiger partial charge in [-0.25, -0.2) is 4.79 Å². The van der Waals surface area contributed by atoms with Gasteiger partial charge in [0.1, 0.15) is 11.6 Å². The van der Waals surface area contributed by atoms with Crippen LogP contribution in [0.25, 0.3) is 0 Å². The van der Waals surface area contributed by atoms with E-state index < -0.39 is 0 Å². The van der Waals surface area contributed by atoms with E-state index in [-0.39, 0.29) is 11.9 Å². The molecule has 29 heavy (non-hydrogen) atoms. The molecule has 2 fully saturated rings. The largest absolute Gasteiger partial charge is 0.378 e. The normalized spacial score (nSPS) is 17.9. The van der Waals surface area contributed by atoms with Gasteiger partial charge in [-0.1, -0.05) is 11.6 Å². The number of carbonyl (C=O) groups is 1. The predicted octanol–water partition coefficient (Wildman–Crippen LogP) is 3.24. The first-order chi connectivity index (χ1) is 14.2. The van der Waals surface area contributed by atoms with Gasteiger partial charge in [0, 0.05) is 37.0 Å². The van der Waals surface area contributed by atoms with Crippen molar-refractivity contribution < 1.29 is 9.53 Å². The molecule has 0 aromatic carbocycles. The molecule has 10 heteroatoms. The van der Waals surface area contributed by atoms with E-state index in [1.807, 2.05) is 21.9 Å². The van der Waals surface area contributed by atoms with Gasteiger partial charge < -0.3 is 19.9 Å². The SMILES string of the molecule is N#Cc1c(NCc2ccc(Cl)s2)n[nH]c1C1CCN(C(=O)N2CCOCC2)CC1. The molecule has 4 rings (SSSR count). The van der Waals surface area contributed by atoms with Crippen molar-refractivity contribution in [3.8, 4) is 6.07 Å². The predicted molar refractivity (Wildman–Crippen MR) is 111 cm³/mol. The first kappa shape index (κ1) is 20.0. The number of amides is 2. The number of hydrogen-bond acceptors (Lipinski definition) is 6. The summed E-state index contributed by atoms with van der Waals surface area (Å²) in [6, 6.07) is 6.20. The van der Waals surface area contributed by atoms with Gasteiger partial charge in [-0.15, -0.1) is 11.3 Å². The van der Waals surface area contributed by atoms with Gasteiger partial charge in [-0.05, 0) is 25.0 Å². The molecule has 2 saturated heterocycles. The summed E-state index contributed by atoms with van der Waals surface area (Å²) in [6.07, 6.45) is 1.62. The minimum atomic E-state index is 0.0915. The van der Waals surface area contributed by atoms with Gasteiger partial charge in [0.15, 0.2) is 5.82 Å². The van der Waals surface area contributed by atoms with Crippen LogP contribution in [0.15, 0.2) is 12.1 Å². The highest BCUT2D eigenvalue weighted by molar-refractivity contribution is 7.16. The van der Waals surface area contributed by atoms with E-state index in [2.05, 4.69) is 21.6 Å². The molecule has 0 radical (unpaired) electrons. The average Bonchev–Trinajstić information content (AvgIpc) is 3.38. The Kier molecular flexibility index (Phi) is 6.23. The molecule has 0 atom stereocenters. The first-order valence-corrected chi connectivity index (χ1v) is 10.9. The summed E-state index contributed by atoms with van der Waals surface area (Å²) < 4.78 is 6.06. The lowest BCUT2D eigenvalue weighted by molar-refractivity contribution is 0.0411. The summed E-state index contributed by atoms with van der Waals surface area (Å²) in [7, 11) is 0. The molecule has 154 valence electrons. The Morgan fingerprint density at radius 3 is 2.69 bits per heavy atom. The lowest BCUT2D eigenvalue weighted by atomic mass is 9.91. The highest BCUT2D eigenvalue weighted by Gasteiger charge is 2.30. The van der Waals surface area contributed by atoms with Crippen LogP contribution in [0.1, 0.15) is 34.9 Å². The lowest BCUT2D eigenvalue weighted by Crippen LogP contribution is -2.50. The molecular formula is C19H23ClN6O2S. The van der Waals surface area contributed by atoms with Crippen LogP contribution in [-0.4, -0.2) is 65.4 Å². The maximum absolute atomic E-state index is 12.7. The zero-order valence-electron chi connectivity index (χ0n) is 16.0. The average molecular weight is 435 g/mol. The summed E-state index contributed by atoms with van der Waals surface area (Å²) in [5.74, 6) is 0.761. The van der Waals surface area contributed by atoms with E-state index in [9.17, 15) is 10.1 Å². The first-order valence-electron chi connectivity index (χ1n) is 9.73. The fourth-order valence-corrected chi connectivity index (χ4v) is 4.85. The highest BCUT2D eigenvalue weighted by Crippen LogP contribution is 2.32. The molecule has 2 N–H and O–H groups in total. The Bertz CT molecular complexity index is 893. The fraction of sp³-hybridized carbons (Fsp3) is 0.526. The number of likely N-dealkylation sites (tertiary alicyclic amines) is 1. The Morgan fingerprint density at radius 1 is 1.31 bits per heavy atom. The topological polar surface area (TPSA) is 97.3 Å². The second-order valence-electron chi connectivity index (χ2n) is 7.18. The molecule has 0 unspecified atom stereocenters. The minimum Gasteiger partial charge on any atom is -0.378 e. The van der Waals surface area contributed by atoms with Crippen LogP contribution >= 0.6 is 22.9 Å². The molecule has 2 aromatic heterocycles. The number of rotatable bonds is 4. The maximum Gasteiger partial charge on any atom is 0.320 e. The number of urea groups is 1. The number of aromatic amines is 1. The van der Waals surface area contributed by atoms with Crippen molar-refractivity contribution in [1.82, 2.24) is 20.0 Å². The number of carbonyl (C=O) groups excluding carboxylic acids is 1. The van der Waals surface area contributed by atoms with Crippen LogP contribution in [0.2, 0.25) is 4.34 Å². The van der Waals surface area contributed by atoms with Crippen molar-refractivity contribution in [2.75, 3.05) is 44.7 Å². The van der Waals surface area contributed by atoms with Gasteiger partial charge in [0.25, 0.3) is 0 Å². The minimum absolute atomic E-state index is 0.0915. The molecule has 0 spiro atoms. The van der Waals surface area contributed by atoms with Crippen molar-refractivity contribution in [1.29, 1.82) is 5.26 Å². The highest BCUT2D eigenvalue weighted by atomic mass is 35.5. The van der Waals surface area contributed by atoms with E-state index in [1.165, 1.54) is 11.3 Å². The van der Waals surface area contributed by atoms with Crippen LogP contribution in [-0.2, 0) is 11.3 Å². The van der Waals surface area contributed by atoms with Gasteiger partial charge >= 0.3 is 6.03 Å². The van der Waals surface area contributed by atoms with Gasteiger partial charge in [0.05, 0.1) is 29.8 Å². The zero-order chi connectivity index (χ0) is 20.2. The molecule has 2 aliphatic rings. The quantitative estimate of drug-likeness (QED) is 0.769. The number of piperidine rings is 1. The summed E-state index contributed by atoms with van der Waals surface area (Å²) in [5, 5.41) is 20.3. The van der Waals surface area contributed by atoms with Crippen molar-refractivity contribution >= 4 is 34.8 Å². The van der Waals surface area contributed by atoms with Gasteiger partial charge in [-0.3, -0.25) is 5.10 Å². The zero-order valence-corrected chi connectivity index (χ0v) is 17.6. The van der Waals surface area contributed by atoms with Crippen LogP contribution in [0, 0.1) is 11.3 Å². The van der Waals surface area contributed by atoms with Crippen molar-refractivity contribution in [3.05, 3.63) is 32.6 Å². The molecule has 2 aliphatic heterocycles. The van der Waals surface area contributed by atoms with Crippen LogP contribution in [0.3, 0.4) is 0 Å². The fourth-order valence-electron chi connectivity index (χ4n) is 3.82. The Morgan fingerprint density at radius 2 is 2.03 bits per heavy atom. The van der Waals surface area contributed by atoms with Crippen LogP contribution in [0.4, 0.5) is 10.6 Å². The number of morpholine rings is 1. The van der Waals surface area contributed by atoms with E-state index in [4.69, 9.17) is 16.3 Å². The summed E-state index contributed by atoms with van der Waals surface area (Å²) >= 11 is 7.47. The number of halogens is 1. The van der Waals surface area contributed by atoms with E-state index >= 15 is 0 Å². The van der Waals surface area contributed by atoms with Crippen molar-refractivity contribution in [2.24, 2.45) is 0 Å². The Balaban J connectivity index is 1.36. The van der Waals surface area contributed by atoms with E-state index in [1.54, 1.807) is 0 Å². The molecule has 0 aliphatic carbocycles. The molecule has 0 bridgehead atoms. The summed E-state index contributed by atoms with van der Waals surface area (Å²) in [5.41, 5.74) is 1.42. The second kappa shape index (κ2) is 9.03. The number of anilines is 1. The van der Waals surface area contributed by atoms with Crippen LogP contribution < -0.4 is 5.32 Å². The number of thiophene rings is 1. The molecule has 4 heterocycles. The molecule has 2 amide bonds. The number of nitriles is 1. The van der Waals surface area contributed by atoms with Gasteiger partial charge in [0.2, 0.25) is 0 Å². The van der Waals surface area contributed by atoms with Crippen molar-refractivity contribution in [3.63, 3.8) is 0 Å². The molecular weight excluding hydrogens is 412 g/mol. The summed E-state index contributed by atoms with van der Waals surface area (Å²) in [6.45, 7) is 4.46. The molecule has 0 saturated carbocycles. The number of aromatic nitrogens is 2. The van der Waals surface area contributed by atoms with E-state index in [0.29, 0.717) is 57.3 Å². The number of nitrogens with one attached hydrogen (secondary N) is 2. The third-order valence-electron chi connectivity index (χ3n) is 5.42. The molecule has 8 nitrogen and oxygen atoms in total. The lowest BCUT2D eigenvalue weighted by Gasteiger charge is -2.36. The number of nitrogens with zero attached hydrogens (tertiary/aromatic N) is 4. The van der Waals surface area contributed by atoms with E-state index in [0.717, 1.165) is 27.7 Å². The number of ether oxygens (including phenoxy) is 1. The Labute approximate surface area is 178 Å². The smallest absolute Gasteiger partial charge is 0.320 e. The third kappa shape index (κ3) is 4.50. The third-order valence-corrected chi connectivity index (χ3v) is 6.65. The summed E-state index contributed by atoms with van der Waals surface area (Å²) in [4.78, 5) is 17.5. The molecule has 2 aromatic rings. The standard InChI is InChI=1S/C19H23ClN6O2S/c20-16-2-1-14(29-16)12-22-18-15(11-21)17(23-24-18)13-3-5-25(6-4-13)19(27)26-7-9-28-10-8-26/h1-2,13H,3-10,12H2,(H2,22,23,24). The van der Waals surface area contributed by atoms with Gasteiger partial charge in [-0.2, -0.15) is 10.4 Å². The Hall–Kier alpha value is -2.28. The van der Waals surface area contributed by atoms with Crippen molar-refractivity contribution in [2.45, 2.75) is 25.3 Å². The maximum atomic E-state index is 12.7.